The first-order chi connectivity index (χ1) is 8.36. The molecule has 0 bridgehead atoms. The van der Waals surface area contributed by atoms with Gasteiger partial charge in [-0.3, -0.25) is 0 Å². The zero-order valence-electron chi connectivity index (χ0n) is 9.69. The van der Waals surface area contributed by atoms with Crippen molar-refractivity contribution in [1.82, 2.24) is 9.97 Å². The Bertz CT molecular complexity index is 475. The first-order valence-corrected chi connectivity index (χ1v) is 6.19. The average Bonchev–Trinajstić information content (AvgIpc) is 2.94. The molecular weight excluding hydrogens is 214 g/mol. The van der Waals surface area contributed by atoms with Gasteiger partial charge in [0.1, 0.15) is 0 Å². The Morgan fingerprint density at radius 1 is 1.35 bits per heavy atom. The van der Waals surface area contributed by atoms with Crippen molar-refractivity contribution in [3.05, 3.63) is 24.3 Å². The number of imidazole rings is 1. The minimum Gasteiger partial charge on any atom is -0.396 e. The van der Waals surface area contributed by atoms with E-state index in [4.69, 9.17) is 0 Å². The summed E-state index contributed by atoms with van der Waals surface area (Å²) >= 11 is 0. The van der Waals surface area contributed by atoms with Gasteiger partial charge in [-0.15, -0.1) is 0 Å². The quantitative estimate of drug-likeness (QED) is 0.758. The lowest BCUT2D eigenvalue weighted by atomic mass is 10.1. The Kier molecular flexibility index (Phi) is 2.73. The van der Waals surface area contributed by atoms with Crippen LogP contribution in [0, 0.1) is 5.92 Å². The van der Waals surface area contributed by atoms with Crippen LogP contribution in [-0.4, -0.2) is 27.7 Å². The highest BCUT2D eigenvalue weighted by Gasteiger charge is 2.26. The second kappa shape index (κ2) is 4.37. The van der Waals surface area contributed by atoms with E-state index in [0.717, 1.165) is 29.8 Å². The number of fused-ring (bicyclic) bond motifs is 1. The maximum absolute atomic E-state index is 9.28. The monoisotopic (exact) mass is 231 g/mol. The number of aromatic nitrogens is 2. The number of rotatable bonds is 3. The predicted molar refractivity (Wildman–Crippen MR) is 67.9 cm³/mol. The van der Waals surface area contributed by atoms with Gasteiger partial charge < -0.3 is 15.4 Å². The third-order valence-electron chi connectivity index (χ3n) is 3.61. The van der Waals surface area contributed by atoms with Gasteiger partial charge in [0.25, 0.3) is 0 Å². The van der Waals surface area contributed by atoms with E-state index in [2.05, 4.69) is 15.3 Å². The molecule has 0 amide bonds. The van der Waals surface area contributed by atoms with Gasteiger partial charge in [-0.25, -0.2) is 4.98 Å². The van der Waals surface area contributed by atoms with E-state index in [-0.39, 0.29) is 6.61 Å². The summed E-state index contributed by atoms with van der Waals surface area (Å²) in [6, 6.07) is 8.34. The number of benzene rings is 1. The lowest BCUT2D eigenvalue weighted by Crippen LogP contribution is -2.26. The fraction of sp³-hybridized carbons (Fsp3) is 0.462. The van der Waals surface area contributed by atoms with Crippen molar-refractivity contribution in [2.24, 2.45) is 5.92 Å². The maximum Gasteiger partial charge on any atom is 0.201 e. The number of aliphatic hydroxyl groups excluding tert-OH is 1. The summed E-state index contributed by atoms with van der Waals surface area (Å²) in [5, 5.41) is 12.7. The first-order valence-electron chi connectivity index (χ1n) is 6.19. The molecule has 1 saturated carbocycles. The van der Waals surface area contributed by atoms with Crippen LogP contribution in [-0.2, 0) is 0 Å². The van der Waals surface area contributed by atoms with E-state index in [1.54, 1.807) is 0 Å². The number of nitrogens with one attached hydrogen (secondary N) is 2. The molecule has 17 heavy (non-hydrogen) atoms. The fourth-order valence-corrected chi connectivity index (χ4v) is 2.64. The molecule has 1 fully saturated rings. The first kappa shape index (κ1) is 10.6. The maximum atomic E-state index is 9.28. The molecule has 0 saturated heterocycles. The van der Waals surface area contributed by atoms with E-state index in [1.807, 2.05) is 24.3 Å². The molecule has 3 rings (SSSR count). The Labute approximate surface area is 100 Å². The van der Waals surface area contributed by atoms with E-state index in [9.17, 15) is 5.11 Å². The summed E-state index contributed by atoms with van der Waals surface area (Å²) in [6.07, 6.45) is 3.40. The van der Waals surface area contributed by atoms with Crippen LogP contribution in [0.1, 0.15) is 19.3 Å². The highest BCUT2D eigenvalue weighted by Crippen LogP contribution is 2.27. The molecule has 0 radical (unpaired) electrons. The number of hydrogen-bond donors (Lipinski definition) is 3. The molecule has 4 nitrogen and oxygen atoms in total. The number of anilines is 1. The second-order valence-electron chi connectivity index (χ2n) is 4.73. The number of nitrogens with zero attached hydrogens (tertiary/aromatic N) is 1. The summed E-state index contributed by atoms with van der Waals surface area (Å²) in [7, 11) is 0. The summed E-state index contributed by atoms with van der Waals surface area (Å²) in [5.41, 5.74) is 2.03. The normalized spacial score (nSPS) is 24.3. The van der Waals surface area contributed by atoms with Crippen molar-refractivity contribution < 1.29 is 5.11 Å². The van der Waals surface area contributed by atoms with Crippen molar-refractivity contribution in [3.8, 4) is 0 Å². The molecule has 4 heteroatoms. The van der Waals surface area contributed by atoms with E-state index in [0.29, 0.717) is 12.0 Å². The van der Waals surface area contributed by atoms with Crippen LogP contribution in [0.15, 0.2) is 24.3 Å². The van der Waals surface area contributed by atoms with Crippen molar-refractivity contribution in [2.45, 2.75) is 25.3 Å². The molecule has 1 aromatic carbocycles. The molecule has 90 valence electrons. The van der Waals surface area contributed by atoms with Gasteiger partial charge in [0, 0.05) is 18.6 Å². The smallest absolute Gasteiger partial charge is 0.201 e. The number of aliphatic hydroxyl groups is 1. The van der Waals surface area contributed by atoms with E-state index >= 15 is 0 Å². The Morgan fingerprint density at radius 2 is 2.24 bits per heavy atom. The molecule has 0 spiro atoms. The molecule has 1 heterocycles. The summed E-state index contributed by atoms with van der Waals surface area (Å²) in [4.78, 5) is 7.76. The Hall–Kier alpha value is -1.55. The van der Waals surface area contributed by atoms with Gasteiger partial charge in [0.15, 0.2) is 0 Å². The zero-order chi connectivity index (χ0) is 11.7. The van der Waals surface area contributed by atoms with Crippen LogP contribution in [0.25, 0.3) is 11.0 Å². The third-order valence-corrected chi connectivity index (χ3v) is 3.61. The minimum absolute atomic E-state index is 0.262. The van der Waals surface area contributed by atoms with Crippen LogP contribution < -0.4 is 5.32 Å². The molecule has 1 aromatic heterocycles. The van der Waals surface area contributed by atoms with E-state index in [1.165, 1.54) is 6.42 Å². The molecule has 3 N–H and O–H groups in total. The number of para-hydroxylation sites is 2. The molecular formula is C13H17N3O. The van der Waals surface area contributed by atoms with Gasteiger partial charge >= 0.3 is 0 Å². The molecule has 1 aliphatic carbocycles. The van der Waals surface area contributed by atoms with Gasteiger partial charge in [-0.2, -0.15) is 0 Å². The number of H-pyrrole nitrogens is 1. The number of aromatic amines is 1. The van der Waals surface area contributed by atoms with Crippen molar-refractivity contribution in [1.29, 1.82) is 0 Å². The topological polar surface area (TPSA) is 60.9 Å². The van der Waals surface area contributed by atoms with Crippen LogP contribution in [0.4, 0.5) is 5.95 Å². The minimum atomic E-state index is 0.262. The average molecular weight is 231 g/mol. The highest BCUT2D eigenvalue weighted by molar-refractivity contribution is 5.77. The lowest BCUT2D eigenvalue weighted by Gasteiger charge is -2.18. The van der Waals surface area contributed by atoms with Gasteiger partial charge in [-0.05, 0) is 25.0 Å². The molecule has 0 aliphatic heterocycles. The third kappa shape index (κ3) is 2.00. The van der Waals surface area contributed by atoms with E-state index < -0.39 is 0 Å². The SMILES string of the molecule is OC[C@H]1CCC[C@@H]1Nc1nc2ccccc2[nH]1. The fourth-order valence-electron chi connectivity index (χ4n) is 2.64. The van der Waals surface area contributed by atoms with Crippen LogP contribution in [0.3, 0.4) is 0 Å². The predicted octanol–water partition coefficient (Wildman–Crippen LogP) is 2.14. The van der Waals surface area contributed by atoms with Gasteiger partial charge in [0.05, 0.1) is 11.0 Å². The van der Waals surface area contributed by atoms with Gasteiger partial charge in [0.2, 0.25) is 5.95 Å². The highest BCUT2D eigenvalue weighted by atomic mass is 16.3. The summed E-state index contributed by atoms with van der Waals surface area (Å²) in [6.45, 7) is 0.262. The summed E-state index contributed by atoms with van der Waals surface area (Å²) in [5.74, 6) is 1.18. The van der Waals surface area contributed by atoms with Gasteiger partial charge in [-0.1, -0.05) is 18.6 Å². The van der Waals surface area contributed by atoms with Crippen molar-refractivity contribution in [2.75, 3.05) is 11.9 Å². The Morgan fingerprint density at radius 3 is 3.06 bits per heavy atom. The number of hydrogen-bond acceptors (Lipinski definition) is 3. The second-order valence-corrected chi connectivity index (χ2v) is 4.73. The largest absolute Gasteiger partial charge is 0.396 e. The van der Waals surface area contributed by atoms with Crippen molar-refractivity contribution >= 4 is 17.0 Å². The Balaban J connectivity index is 1.80. The standard InChI is InChI=1S/C13H17N3O/c17-8-9-4-3-7-10(9)14-13-15-11-5-1-2-6-12(11)16-13/h1-2,5-6,9-10,17H,3-4,7-8H2,(H2,14,15,16)/t9-,10+/m1/s1. The molecule has 1 aliphatic rings. The molecule has 2 atom stereocenters. The van der Waals surface area contributed by atoms with Crippen molar-refractivity contribution in [3.63, 3.8) is 0 Å². The summed E-state index contributed by atoms with van der Waals surface area (Å²) < 4.78 is 0. The van der Waals surface area contributed by atoms with Crippen LogP contribution >= 0.6 is 0 Å². The lowest BCUT2D eigenvalue weighted by molar-refractivity contribution is 0.222. The van der Waals surface area contributed by atoms with Crippen LogP contribution in [0.2, 0.25) is 0 Å². The molecule has 2 aromatic rings. The zero-order valence-corrected chi connectivity index (χ0v) is 9.69. The molecule has 0 unspecified atom stereocenters. The van der Waals surface area contributed by atoms with Crippen LogP contribution in [0.5, 0.6) is 0 Å².